The number of amidine groups is 1. The third kappa shape index (κ3) is 3.63. The van der Waals surface area contributed by atoms with Crippen molar-refractivity contribution in [2.45, 2.75) is 11.9 Å². The molecule has 2 aromatic rings. The van der Waals surface area contributed by atoms with Gasteiger partial charge in [-0.1, -0.05) is 41.9 Å². The van der Waals surface area contributed by atoms with Crippen molar-refractivity contribution in [3.63, 3.8) is 0 Å². The molecule has 1 heterocycles. The summed E-state index contributed by atoms with van der Waals surface area (Å²) >= 11 is 0. The van der Waals surface area contributed by atoms with Gasteiger partial charge in [0.25, 0.3) is 0 Å². The average molecular weight is 347 g/mol. The second-order valence-electron chi connectivity index (χ2n) is 5.91. The Morgan fingerprint density at radius 1 is 1.08 bits per heavy atom. The summed E-state index contributed by atoms with van der Waals surface area (Å²) in [6, 6.07) is 13.3. The Bertz CT molecular complexity index is 792. The largest absolute Gasteiger partial charge is 0.573 e. The van der Waals surface area contributed by atoms with Crippen molar-refractivity contribution < 1.29 is 17.9 Å². The van der Waals surface area contributed by atoms with Gasteiger partial charge in [-0.25, -0.2) is 0 Å². The Morgan fingerprint density at radius 2 is 1.80 bits per heavy atom. The van der Waals surface area contributed by atoms with E-state index in [-0.39, 0.29) is 5.75 Å². The van der Waals surface area contributed by atoms with Crippen LogP contribution in [0.25, 0.3) is 0 Å². The summed E-state index contributed by atoms with van der Waals surface area (Å²) in [5, 5.41) is 3.18. The predicted octanol–water partition coefficient (Wildman–Crippen LogP) is 1.05. The van der Waals surface area contributed by atoms with Gasteiger partial charge in [0, 0.05) is 6.54 Å². The van der Waals surface area contributed by atoms with Crippen molar-refractivity contribution in [3.05, 3.63) is 59.7 Å². The number of nitrogens with two attached hydrogens (primary N) is 1. The van der Waals surface area contributed by atoms with E-state index in [1.807, 2.05) is 32.1 Å². The maximum atomic E-state index is 12.4. The lowest BCUT2D eigenvalue weighted by Gasteiger charge is -2.31. The second-order valence-corrected chi connectivity index (χ2v) is 5.91. The fourth-order valence-corrected chi connectivity index (χ4v) is 2.91. The van der Waals surface area contributed by atoms with Gasteiger partial charge in [-0.3, -0.25) is 4.99 Å². The first-order chi connectivity index (χ1) is 11.8. The van der Waals surface area contributed by atoms with Gasteiger partial charge in [0.2, 0.25) is 0 Å². The molecule has 4 nitrogen and oxygen atoms in total. The molecule has 0 aromatic heterocycles. The van der Waals surface area contributed by atoms with Gasteiger partial charge in [-0.15, -0.1) is 13.2 Å². The van der Waals surface area contributed by atoms with Gasteiger partial charge < -0.3 is 15.8 Å². The summed E-state index contributed by atoms with van der Waals surface area (Å²) in [4.78, 5) is 4.44. The van der Waals surface area contributed by atoms with Crippen LogP contribution in [0.15, 0.2) is 53.5 Å². The molecule has 0 aliphatic carbocycles. The van der Waals surface area contributed by atoms with Crippen LogP contribution in [0, 0.1) is 0 Å². The minimum Gasteiger partial charge on any atom is -0.406 e. The number of halogens is 3. The number of benzene rings is 2. The first-order valence-corrected chi connectivity index (χ1v) is 7.80. The molecule has 3 rings (SSSR count). The number of aliphatic imine (C=N–C) groups is 1. The van der Waals surface area contributed by atoms with E-state index >= 15 is 0 Å². The molecule has 130 valence electrons. The molecule has 1 atom stereocenters. The normalized spacial score (nSPS) is 16.7. The van der Waals surface area contributed by atoms with Crippen LogP contribution in [0.5, 0.6) is 5.75 Å². The van der Waals surface area contributed by atoms with Crippen LogP contribution in [0.3, 0.4) is 0 Å². The van der Waals surface area contributed by atoms with Gasteiger partial charge in [0.05, 0.1) is 6.54 Å². The zero-order valence-electron chi connectivity index (χ0n) is 13.6. The SMILES string of the molecule is Bc1cccc(C(N)(C2=NCCN2)c2ccc(OC(F)(F)F)cc2)c1. The van der Waals surface area contributed by atoms with E-state index in [9.17, 15) is 13.2 Å². The molecule has 1 unspecified atom stereocenters. The van der Waals surface area contributed by atoms with Crippen molar-refractivity contribution in [2.24, 2.45) is 10.7 Å². The third-order valence-electron chi connectivity index (χ3n) is 4.06. The molecule has 0 fully saturated rings. The third-order valence-corrected chi connectivity index (χ3v) is 4.06. The molecule has 0 saturated carbocycles. The summed E-state index contributed by atoms with van der Waals surface area (Å²) in [6.45, 7) is 1.28. The molecule has 0 amide bonds. The van der Waals surface area contributed by atoms with Crippen molar-refractivity contribution >= 4 is 19.1 Å². The van der Waals surface area contributed by atoms with E-state index < -0.39 is 11.9 Å². The molecule has 3 N–H and O–H groups in total. The van der Waals surface area contributed by atoms with Crippen LogP contribution in [0.2, 0.25) is 0 Å². The molecule has 1 aliphatic rings. The molecule has 0 radical (unpaired) electrons. The molecular formula is C17H17BF3N3O. The average Bonchev–Trinajstić information content (AvgIpc) is 3.08. The Labute approximate surface area is 144 Å². The maximum Gasteiger partial charge on any atom is 0.573 e. The molecule has 2 aromatic carbocycles. The minimum atomic E-state index is -4.73. The molecule has 0 saturated heterocycles. The number of hydrogen-bond donors (Lipinski definition) is 2. The molecular weight excluding hydrogens is 330 g/mol. The van der Waals surface area contributed by atoms with E-state index in [1.54, 1.807) is 0 Å². The minimum absolute atomic E-state index is 0.288. The number of hydrogen-bond acceptors (Lipinski definition) is 4. The van der Waals surface area contributed by atoms with E-state index in [2.05, 4.69) is 15.0 Å². The molecule has 1 aliphatic heterocycles. The van der Waals surface area contributed by atoms with Crippen LogP contribution in [-0.2, 0) is 5.54 Å². The summed E-state index contributed by atoms with van der Waals surface area (Å²) in [7, 11) is 1.95. The fourth-order valence-electron chi connectivity index (χ4n) is 2.91. The topological polar surface area (TPSA) is 59.6 Å². The highest BCUT2D eigenvalue weighted by Gasteiger charge is 2.37. The van der Waals surface area contributed by atoms with Gasteiger partial charge in [-0.05, 0) is 23.3 Å². The van der Waals surface area contributed by atoms with E-state index in [0.717, 1.165) is 11.0 Å². The fraction of sp³-hybridized carbons (Fsp3) is 0.235. The smallest absolute Gasteiger partial charge is 0.406 e. The zero-order valence-corrected chi connectivity index (χ0v) is 13.6. The number of ether oxygens (including phenoxy) is 1. The summed E-state index contributed by atoms with van der Waals surface area (Å²) in [6.07, 6.45) is -4.73. The van der Waals surface area contributed by atoms with Gasteiger partial charge >= 0.3 is 6.36 Å². The number of alkyl halides is 3. The van der Waals surface area contributed by atoms with Crippen molar-refractivity contribution in [1.82, 2.24) is 5.32 Å². The summed E-state index contributed by atoms with van der Waals surface area (Å²) in [5.74, 6) is 0.312. The van der Waals surface area contributed by atoms with Crippen LogP contribution in [-0.4, -0.2) is 33.1 Å². The van der Waals surface area contributed by atoms with Crippen molar-refractivity contribution in [3.8, 4) is 5.75 Å². The monoisotopic (exact) mass is 347 g/mol. The van der Waals surface area contributed by atoms with Crippen molar-refractivity contribution in [2.75, 3.05) is 13.1 Å². The molecule has 0 spiro atoms. The van der Waals surface area contributed by atoms with Gasteiger partial charge in [0.15, 0.2) is 0 Å². The van der Waals surface area contributed by atoms with Gasteiger partial charge in [0.1, 0.15) is 25.0 Å². The number of nitrogens with zero attached hydrogens (tertiary/aromatic N) is 1. The lowest BCUT2D eigenvalue weighted by Crippen LogP contribution is -2.51. The lowest BCUT2D eigenvalue weighted by molar-refractivity contribution is -0.274. The molecule has 25 heavy (non-hydrogen) atoms. The summed E-state index contributed by atoms with van der Waals surface area (Å²) in [5.41, 5.74) is 8.13. The molecule has 0 bridgehead atoms. The quantitative estimate of drug-likeness (QED) is 0.813. The number of rotatable bonds is 4. The maximum absolute atomic E-state index is 12.4. The summed E-state index contributed by atoms with van der Waals surface area (Å²) < 4.78 is 41.0. The first kappa shape index (κ1) is 17.4. The highest BCUT2D eigenvalue weighted by molar-refractivity contribution is 6.32. The predicted molar refractivity (Wildman–Crippen MR) is 93.0 cm³/mol. The van der Waals surface area contributed by atoms with Crippen LogP contribution in [0.4, 0.5) is 13.2 Å². The lowest BCUT2D eigenvalue weighted by atomic mass is 9.80. The Kier molecular flexibility index (Phi) is 4.47. The molecule has 8 heteroatoms. The van der Waals surface area contributed by atoms with Crippen LogP contribution in [0.1, 0.15) is 11.1 Å². The van der Waals surface area contributed by atoms with E-state index in [0.29, 0.717) is 24.5 Å². The van der Waals surface area contributed by atoms with E-state index in [4.69, 9.17) is 5.73 Å². The highest BCUT2D eigenvalue weighted by Crippen LogP contribution is 2.31. The van der Waals surface area contributed by atoms with Crippen LogP contribution >= 0.6 is 0 Å². The first-order valence-electron chi connectivity index (χ1n) is 7.80. The zero-order chi connectivity index (χ0) is 18.1. The van der Waals surface area contributed by atoms with E-state index in [1.165, 1.54) is 24.3 Å². The second kappa shape index (κ2) is 6.44. The van der Waals surface area contributed by atoms with Crippen LogP contribution < -0.4 is 21.3 Å². The Morgan fingerprint density at radius 3 is 2.36 bits per heavy atom. The highest BCUT2D eigenvalue weighted by atomic mass is 19.4. The van der Waals surface area contributed by atoms with Crippen molar-refractivity contribution in [1.29, 1.82) is 0 Å². The standard InChI is InChI=1S/C17H17BF3N3O/c18-13-3-1-2-12(10-13)16(22,15-23-8-9-24-15)11-4-6-14(7-5-11)25-17(19,20)21/h1-7,10H,8-9,18,22H2,(H,23,24). The Hall–Kier alpha value is -2.48. The van der Waals surface area contributed by atoms with Gasteiger partial charge in [-0.2, -0.15) is 0 Å². The Balaban J connectivity index is 2.03. The number of nitrogens with one attached hydrogen (secondary N) is 1.